The van der Waals surface area contributed by atoms with Crippen LogP contribution in [0, 0.1) is 5.92 Å². The Balaban J connectivity index is 2.28. The number of hydrogen-bond acceptors (Lipinski definition) is 2. The third-order valence-electron chi connectivity index (χ3n) is 2.12. The van der Waals surface area contributed by atoms with E-state index in [1.807, 2.05) is 0 Å². The van der Waals surface area contributed by atoms with Gasteiger partial charge in [-0.2, -0.15) is 0 Å². The highest BCUT2D eigenvalue weighted by atomic mass is 32.1. The molecule has 0 aromatic heterocycles. The van der Waals surface area contributed by atoms with Crippen LogP contribution in [0.1, 0.15) is 19.8 Å². The van der Waals surface area contributed by atoms with Gasteiger partial charge in [-0.3, -0.25) is 4.90 Å². The van der Waals surface area contributed by atoms with Crippen LogP contribution in [0.25, 0.3) is 0 Å². The summed E-state index contributed by atoms with van der Waals surface area (Å²) in [5, 5.41) is 0. The van der Waals surface area contributed by atoms with Gasteiger partial charge in [0, 0.05) is 13.1 Å². The van der Waals surface area contributed by atoms with Gasteiger partial charge in [0.25, 0.3) is 0 Å². The van der Waals surface area contributed by atoms with Gasteiger partial charge >= 0.3 is 0 Å². The molecule has 64 valence electrons. The molecule has 0 saturated carbocycles. The predicted octanol–water partition coefficient (Wildman–Crippen LogP) is 1.00. The lowest BCUT2D eigenvalue weighted by molar-refractivity contribution is 0.207. The summed E-state index contributed by atoms with van der Waals surface area (Å²) in [6.07, 6.45) is 2.65. The number of piperidine rings is 1. The number of nitrogens with zero attached hydrogens (tertiary/aromatic N) is 1. The number of hydrogen-bond donors (Lipinski definition) is 1. The van der Waals surface area contributed by atoms with Crippen LogP contribution in [0.4, 0.5) is 0 Å². The normalized spacial score (nSPS) is 26.8. The Morgan fingerprint density at radius 2 is 2.45 bits per heavy atom. The van der Waals surface area contributed by atoms with Crippen molar-refractivity contribution in [1.29, 1.82) is 0 Å². The molecular weight excluding hydrogens is 156 g/mol. The molecule has 1 unspecified atom stereocenters. The van der Waals surface area contributed by atoms with Crippen LogP contribution in [-0.2, 0) is 0 Å². The van der Waals surface area contributed by atoms with E-state index in [4.69, 9.17) is 18.0 Å². The molecule has 0 amide bonds. The van der Waals surface area contributed by atoms with E-state index < -0.39 is 0 Å². The Morgan fingerprint density at radius 1 is 1.73 bits per heavy atom. The lowest BCUT2D eigenvalue weighted by atomic mass is 10.0. The van der Waals surface area contributed by atoms with Crippen LogP contribution in [0.3, 0.4) is 0 Å². The molecule has 1 aliphatic heterocycles. The van der Waals surface area contributed by atoms with Gasteiger partial charge in [0.15, 0.2) is 0 Å². The first-order valence-corrected chi connectivity index (χ1v) is 4.60. The number of nitrogens with two attached hydrogens (primary N) is 1. The van der Waals surface area contributed by atoms with Crippen LogP contribution >= 0.6 is 12.2 Å². The Hall–Kier alpha value is -0.150. The summed E-state index contributed by atoms with van der Waals surface area (Å²) in [7, 11) is 0. The number of thiocarbonyl (C=S) groups is 1. The first kappa shape index (κ1) is 8.94. The first-order chi connectivity index (χ1) is 5.18. The fourth-order valence-corrected chi connectivity index (χ4v) is 1.83. The molecule has 0 radical (unpaired) electrons. The molecule has 1 saturated heterocycles. The maximum Gasteiger partial charge on any atom is 0.0870 e. The van der Waals surface area contributed by atoms with Crippen LogP contribution < -0.4 is 5.73 Å². The van der Waals surface area contributed by atoms with E-state index in [9.17, 15) is 0 Å². The summed E-state index contributed by atoms with van der Waals surface area (Å²) in [6.45, 7) is 5.42. The highest BCUT2D eigenvalue weighted by molar-refractivity contribution is 7.80. The lowest BCUT2D eigenvalue weighted by Crippen LogP contribution is -2.39. The maximum atomic E-state index is 5.46. The van der Waals surface area contributed by atoms with Crippen molar-refractivity contribution < 1.29 is 0 Å². The zero-order valence-electron chi connectivity index (χ0n) is 7.05. The van der Waals surface area contributed by atoms with Crippen molar-refractivity contribution in [2.45, 2.75) is 19.8 Å². The van der Waals surface area contributed by atoms with Crippen molar-refractivity contribution in [3.63, 3.8) is 0 Å². The maximum absolute atomic E-state index is 5.46. The van der Waals surface area contributed by atoms with Crippen molar-refractivity contribution in [2.24, 2.45) is 11.7 Å². The molecule has 0 aromatic carbocycles. The molecule has 0 bridgehead atoms. The molecule has 1 atom stereocenters. The van der Waals surface area contributed by atoms with E-state index in [1.54, 1.807) is 0 Å². The average molecular weight is 172 g/mol. The topological polar surface area (TPSA) is 29.3 Å². The Kier molecular flexibility index (Phi) is 3.27. The monoisotopic (exact) mass is 172 g/mol. The van der Waals surface area contributed by atoms with Gasteiger partial charge in [0.05, 0.1) is 4.99 Å². The highest BCUT2D eigenvalue weighted by Crippen LogP contribution is 2.14. The molecule has 0 aliphatic carbocycles. The van der Waals surface area contributed by atoms with E-state index in [1.165, 1.54) is 19.4 Å². The quantitative estimate of drug-likeness (QED) is 0.630. The summed E-state index contributed by atoms with van der Waals surface area (Å²) in [5.74, 6) is 0.818. The highest BCUT2D eigenvalue weighted by Gasteiger charge is 2.15. The molecule has 1 fully saturated rings. The van der Waals surface area contributed by atoms with Crippen molar-refractivity contribution in [2.75, 3.05) is 19.6 Å². The summed E-state index contributed by atoms with van der Waals surface area (Å²) in [6, 6.07) is 0. The standard InChI is InChI=1S/C8H16N2S/c1-7-3-2-4-10(5-7)6-8(9)11/h7H,2-6H2,1H3,(H2,9,11). The second kappa shape index (κ2) is 4.02. The van der Waals surface area contributed by atoms with E-state index >= 15 is 0 Å². The number of rotatable bonds is 2. The van der Waals surface area contributed by atoms with Crippen molar-refractivity contribution >= 4 is 17.2 Å². The Morgan fingerprint density at radius 3 is 3.00 bits per heavy atom. The molecule has 1 aliphatic rings. The van der Waals surface area contributed by atoms with Gasteiger partial charge in [0.2, 0.25) is 0 Å². The molecule has 3 heteroatoms. The van der Waals surface area contributed by atoms with Gasteiger partial charge in [-0.15, -0.1) is 0 Å². The second-order valence-electron chi connectivity index (χ2n) is 3.45. The minimum atomic E-state index is 0.624. The van der Waals surface area contributed by atoms with Gasteiger partial charge in [-0.25, -0.2) is 0 Å². The summed E-state index contributed by atoms with van der Waals surface area (Å²) >= 11 is 4.85. The molecule has 0 spiro atoms. The van der Waals surface area contributed by atoms with Crippen molar-refractivity contribution in [3.8, 4) is 0 Å². The van der Waals surface area contributed by atoms with E-state index in [0.717, 1.165) is 19.0 Å². The third kappa shape index (κ3) is 3.16. The van der Waals surface area contributed by atoms with Gasteiger partial charge < -0.3 is 5.73 Å². The molecule has 0 aromatic rings. The molecule has 11 heavy (non-hydrogen) atoms. The van der Waals surface area contributed by atoms with Crippen LogP contribution in [0.2, 0.25) is 0 Å². The summed E-state index contributed by atoms with van der Waals surface area (Å²) in [5.41, 5.74) is 5.46. The largest absolute Gasteiger partial charge is 0.392 e. The number of likely N-dealkylation sites (tertiary alicyclic amines) is 1. The fourth-order valence-electron chi connectivity index (χ4n) is 1.65. The van der Waals surface area contributed by atoms with Crippen molar-refractivity contribution in [3.05, 3.63) is 0 Å². The molecule has 1 heterocycles. The fraction of sp³-hybridized carbons (Fsp3) is 0.875. The molecular formula is C8H16N2S. The van der Waals surface area contributed by atoms with Gasteiger partial charge in [-0.1, -0.05) is 19.1 Å². The van der Waals surface area contributed by atoms with E-state index in [0.29, 0.717) is 4.99 Å². The SMILES string of the molecule is CC1CCCN(CC(N)=S)C1. The van der Waals surface area contributed by atoms with Gasteiger partial charge in [-0.05, 0) is 25.3 Å². The van der Waals surface area contributed by atoms with E-state index in [-0.39, 0.29) is 0 Å². The zero-order chi connectivity index (χ0) is 8.27. The van der Waals surface area contributed by atoms with Crippen LogP contribution in [0.5, 0.6) is 0 Å². The Bertz CT molecular complexity index is 147. The minimum Gasteiger partial charge on any atom is -0.392 e. The summed E-state index contributed by atoms with van der Waals surface area (Å²) < 4.78 is 0. The van der Waals surface area contributed by atoms with Gasteiger partial charge in [0.1, 0.15) is 0 Å². The molecule has 2 N–H and O–H groups in total. The predicted molar refractivity (Wildman–Crippen MR) is 51.6 cm³/mol. The molecule has 2 nitrogen and oxygen atoms in total. The molecule has 1 rings (SSSR count). The minimum absolute atomic E-state index is 0.624. The Labute approximate surface area is 73.7 Å². The average Bonchev–Trinajstić information content (AvgIpc) is 1.85. The third-order valence-corrected chi connectivity index (χ3v) is 2.25. The van der Waals surface area contributed by atoms with Crippen molar-refractivity contribution in [1.82, 2.24) is 4.90 Å². The zero-order valence-corrected chi connectivity index (χ0v) is 7.86. The second-order valence-corrected chi connectivity index (χ2v) is 3.97. The smallest absolute Gasteiger partial charge is 0.0870 e. The first-order valence-electron chi connectivity index (χ1n) is 4.19. The van der Waals surface area contributed by atoms with Crippen LogP contribution in [0.15, 0.2) is 0 Å². The lowest BCUT2D eigenvalue weighted by Gasteiger charge is -2.30. The summed E-state index contributed by atoms with van der Waals surface area (Å²) in [4.78, 5) is 2.97. The van der Waals surface area contributed by atoms with Crippen LogP contribution in [-0.4, -0.2) is 29.5 Å². The van der Waals surface area contributed by atoms with E-state index in [2.05, 4.69) is 11.8 Å².